The average molecular weight is 581 g/mol. The fourth-order valence-corrected chi connectivity index (χ4v) is 4.76. The van der Waals surface area contributed by atoms with Crippen molar-refractivity contribution in [1.29, 1.82) is 0 Å². The Morgan fingerprint density at radius 3 is 2.29 bits per heavy atom. The van der Waals surface area contributed by atoms with Crippen LogP contribution in [0.3, 0.4) is 0 Å². The molecule has 0 heterocycles. The Kier molecular flexibility index (Phi) is 10.6. The lowest BCUT2D eigenvalue weighted by atomic mass is 10.1. The van der Waals surface area contributed by atoms with Crippen molar-refractivity contribution in [3.8, 4) is 0 Å². The van der Waals surface area contributed by atoms with E-state index in [1.54, 1.807) is 12.1 Å². The average Bonchev–Trinajstić information content (AvgIpc) is 2.76. The molecule has 0 bridgehead atoms. The lowest BCUT2D eigenvalue weighted by Gasteiger charge is -2.23. The van der Waals surface area contributed by atoms with Gasteiger partial charge in [-0.15, -0.1) is 11.6 Å². The second-order valence-electron chi connectivity index (χ2n) is 6.62. The Balaban J connectivity index is 2.26. The molecule has 0 saturated carbocycles. The number of alkyl halides is 2. The smallest absolute Gasteiger partial charge is 0.240 e. The Bertz CT molecular complexity index is 999. The van der Waals surface area contributed by atoms with Crippen molar-refractivity contribution < 1.29 is 18.6 Å². The third kappa shape index (κ3) is 7.36. The number of aliphatic hydroxyl groups is 2. The fraction of sp³-hybridized carbons (Fsp3) is 0.400. The first-order chi connectivity index (χ1) is 14.9. The lowest BCUT2D eigenvalue weighted by molar-refractivity contribution is 0.281. The molecule has 170 valence electrons. The van der Waals surface area contributed by atoms with E-state index in [0.29, 0.717) is 28.9 Å². The molecule has 0 radical (unpaired) electrons. The van der Waals surface area contributed by atoms with Gasteiger partial charge in [0.25, 0.3) is 0 Å². The number of sulfonamides is 1. The highest BCUT2D eigenvalue weighted by Crippen LogP contribution is 2.30. The Labute approximate surface area is 201 Å². The van der Waals surface area contributed by atoms with Gasteiger partial charge in [0.15, 0.2) is 0 Å². The summed E-state index contributed by atoms with van der Waals surface area (Å²) in [6.45, 7) is 2.91. The van der Waals surface area contributed by atoms with Crippen molar-refractivity contribution >= 4 is 61.3 Å². The zero-order chi connectivity index (χ0) is 22.9. The van der Waals surface area contributed by atoms with E-state index >= 15 is 0 Å². The molecular weight excluding hydrogens is 555 g/mol. The summed E-state index contributed by atoms with van der Waals surface area (Å²) in [5.41, 5.74) is 3.80. The molecule has 0 aliphatic heterocycles. The van der Waals surface area contributed by atoms with Gasteiger partial charge >= 0.3 is 0 Å². The van der Waals surface area contributed by atoms with Gasteiger partial charge in [0, 0.05) is 35.6 Å². The molecule has 31 heavy (non-hydrogen) atoms. The van der Waals surface area contributed by atoms with Gasteiger partial charge in [0.05, 0.1) is 29.5 Å². The highest BCUT2D eigenvalue weighted by Gasteiger charge is 2.15. The number of hydrogen-bond donors (Lipinski definition) is 3. The monoisotopic (exact) mass is 580 g/mol. The number of hydrogen-bond acceptors (Lipinski definition) is 7. The van der Waals surface area contributed by atoms with Gasteiger partial charge in [-0.3, -0.25) is 0 Å². The molecular formula is C20H26ClIN4O4S. The number of azo groups is 1. The van der Waals surface area contributed by atoms with E-state index in [9.17, 15) is 18.6 Å². The third-order valence-corrected chi connectivity index (χ3v) is 6.91. The van der Waals surface area contributed by atoms with Crippen LogP contribution in [0.4, 0.5) is 17.1 Å². The van der Waals surface area contributed by atoms with Crippen molar-refractivity contribution in [3.63, 3.8) is 0 Å². The summed E-state index contributed by atoms with van der Waals surface area (Å²) in [5, 5.41) is 27.1. The van der Waals surface area contributed by atoms with E-state index in [1.165, 1.54) is 6.07 Å². The summed E-state index contributed by atoms with van der Waals surface area (Å²) in [7, 11) is -3.62. The summed E-state index contributed by atoms with van der Waals surface area (Å²) < 4.78 is 27.6. The molecule has 0 atom stereocenters. The molecule has 0 unspecified atom stereocenters. The van der Waals surface area contributed by atoms with Gasteiger partial charge in [-0.25, -0.2) is 13.1 Å². The van der Waals surface area contributed by atoms with Gasteiger partial charge in [-0.1, -0.05) is 22.6 Å². The van der Waals surface area contributed by atoms with E-state index in [-0.39, 0.29) is 30.5 Å². The van der Waals surface area contributed by atoms with E-state index in [0.717, 1.165) is 16.8 Å². The van der Waals surface area contributed by atoms with Crippen LogP contribution in [0, 0.1) is 6.92 Å². The Morgan fingerprint density at radius 2 is 1.71 bits per heavy atom. The number of anilines is 1. The molecule has 0 fully saturated rings. The van der Waals surface area contributed by atoms with Gasteiger partial charge in [-0.05, 0) is 54.4 Å². The maximum atomic E-state index is 12.3. The number of halogens is 2. The highest BCUT2D eigenvalue weighted by molar-refractivity contribution is 14.1. The van der Waals surface area contributed by atoms with Gasteiger partial charge < -0.3 is 15.1 Å². The molecule has 0 amide bonds. The standard InChI is InChI=1S/C20H26ClIN4O4S/c1-15-12-17(26(8-10-27)9-11-28)2-4-19(15)24-25-20-5-3-18(13-16(20)14-22)31(29,30)23-7-6-21/h2-5,12-13,23,27-28H,6-11,14H2,1H3. The molecule has 0 spiro atoms. The topological polar surface area (TPSA) is 115 Å². The predicted octanol–water partition coefficient (Wildman–Crippen LogP) is 3.65. The van der Waals surface area contributed by atoms with Crippen molar-refractivity contribution in [2.75, 3.05) is 43.6 Å². The van der Waals surface area contributed by atoms with Crippen LogP contribution in [-0.4, -0.2) is 57.4 Å². The zero-order valence-electron chi connectivity index (χ0n) is 17.1. The number of nitrogens with one attached hydrogen (secondary N) is 1. The van der Waals surface area contributed by atoms with Crippen LogP contribution in [0.15, 0.2) is 51.5 Å². The minimum Gasteiger partial charge on any atom is -0.395 e. The van der Waals surface area contributed by atoms with Crippen molar-refractivity contribution in [3.05, 3.63) is 47.5 Å². The van der Waals surface area contributed by atoms with Crippen LogP contribution < -0.4 is 9.62 Å². The van der Waals surface area contributed by atoms with Crippen LogP contribution in [-0.2, 0) is 14.5 Å². The summed E-state index contributed by atoms with van der Waals surface area (Å²) in [4.78, 5) is 2.05. The SMILES string of the molecule is Cc1cc(N(CCO)CCO)ccc1N=Nc1ccc(S(=O)(=O)NCCCl)cc1CI. The maximum absolute atomic E-state index is 12.3. The molecule has 2 aromatic rings. The summed E-state index contributed by atoms with van der Waals surface area (Å²) in [6.07, 6.45) is 0. The summed E-state index contributed by atoms with van der Waals surface area (Å²) in [5.74, 6) is 0.195. The van der Waals surface area contributed by atoms with Crippen LogP contribution in [0.1, 0.15) is 11.1 Å². The molecule has 0 aliphatic rings. The van der Waals surface area contributed by atoms with Gasteiger partial charge in [0.2, 0.25) is 10.0 Å². The van der Waals surface area contributed by atoms with Crippen molar-refractivity contribution in [2.45, 2.75) is 16.2 Å². The first kappa shape index (κ1) is 25.9. The summed E-state index contributed by atoms with van der Waals surface area (Å²) >= 11 is 7.73. The molecule has 0 aliphatic carbocycles. The normalized spacial score (nSPS) is 11.9. The van der Waals surface area contributed by atoms with Crippen LogP contribution in [0.5, 0.6) is 0 Å². The fourth-order valence-electron chi connectivity index (χ4n) is 2.86. The van der Waals surface area contributed by atoms with Crippen LogP contribution in [0.2, 0.25) is 0 Å². The Morgan fingerprint density at radius 1 is 1.06 bits per heavy atom. The number of nitrogens with zero attached hydrogens (tertiary/aromatic N) is 3. The molecule has 0 aromatic heterocycles. The zero-order valence-corrected chi connectivity index (χ0v) is 20.9. The van der Waals surface area contributed by atoms with Gasteiger partial charge in [0.1, 0.15) is 0 Å². The largest absolute Gasteiger partial charge is 0.395 e. The van der Waals surface area contributed by atoms with Crippen molar-refractivity contribution in [1.82, 2.24) is 4.72 Å². The molecule has 8 nitrogen and oxygen atoms in total. The minimum atomic E-state index is -3.62. The van der Waals surface area contributed by atoms with Gasteiger partial charge in [-0.2, -0.15) is 10.2 Å². The second-order valence-corrected chi connectivity index (χ2v) is 9.52. The lowest BCUT2D eigenvalue weighted by Crippen LogP contribution is -2.29. The third-order valence-electron chi connectivity index (χ3n) is 4.44. The quantitative estimate of drug-likeness (QED) is 0.201. The first-order valence-corrected chi connectivity index (χ1v) is 13.1. The Hall–Kier alpha value is -1.31. The number of aryl methyl sites for hydroxylation is 1. The van der Waals surface area contributed by atoms with E-state index in [1.807, 2.05) is 30.0 Å². The van der Waals surface area contributed by atoms with E-state index in [2.05, 4.69) is 37.5 Å². The first-order valence-electron chi connectivity index (χ1n) is 9.60. The molecule has 3 N–H and O–H groups in total. The highest BCUT2D eigenvalue weighted by atomic mass is 127. The van der Waals surface area contributed by atoms with Crippen molar-refractivity contribution in [2.24, 2.45) is 10.2 Å². The molecule has 0 saturated heterocycles. The van der Waals surface area contributed by atoms with Crippen LogP contribution >= 0.6 is 34.2 Å². The number of aliphatic hydroxyl groups excluding tert-OH is 2. The number of benzene rings is 2. The van der Waals surface area contributed by atoms with Crippen LogP contribution in [0.25, 0.3) is 0 Å². The summed E-state index contributed by atoms with van der Waals surface area (Å²) in [6, 6.07) is 10.4. The minimum absolute atomic E-state index is 0.00724. The second kappa shape index (κ2) is 12.7. The van der Waals surface area contributed by atoms with E-state index in [4.69, 9.17) is 11.6 Å². The molecule has 2 rings (SSSR count). The predicted molar refractivity (Wildman–Crippen MR) is 132 cm³/mol. The molecule has 2 aromatic carbocycles. The maximum Gasteiger partial charge on any atom is 0.240 e. The van der Waals surface area contributed by atoms with E-state index < -0.39 is 10.0 Å². The molecule has 11 heteroatoms. The number of rotatable bonds is 12.